The highest BCUT2D eigenvalue weighted by Gasteiger charge is 2.41. The summed E-state index contributed by atoms with van der Waals surface area (Å²) < 4.78 is 0. The van der Waals surface area contributed by atoms with Gasteiger partial charge in [-0.25, -0.2) is 5.01 Å². The van der Waals surface area contributed by atoms with Crippen molar-refractivity contribution in [3.8, 4) is 0 Å². The van der Waals surface area contributed by atoms with Crippen LogP contribution in [0.2, 0.25) is 0 Å². The van der Waals surface area contributed by atoms with Crippen LogP contribution in [0.5, 0.6) is 0 Å². The average Bonchev–Trinajstić information content (AvgIpc) is 2.80. The first-order valence-corrected chi connectivity index (χ1v) is 8.12. The van der Waals surface area contributed by atoms with E-state index < -0.39 is 17.1 Å². The van der Waals surface area contributed by atoms with Crippen molar-refractivity contribution in [2.45, 2.75) is 13.3 Å². The van der Waals surface area contributed by atoms with E-state index in [1.807, 2.05) is 0 Å². The minimum Gasteiger partial charge on any atom is -0.359 e. The van der Waals surface area contributed by atoms with Gasteiger partial charge in [0.1, 0.15) is 0 Å². The Bertz CT molecular complexity index is 627. The fourth-order valence-corrected chi connectivity index (χ4v) is 2.77. The molecule has 0 unspecified atom stereocenters. The van der Waals surface area contributed by atoms with Gasteiger partial charge in [-0.1, -0.05) is 30.8 Å². The van der Waals surface area contributed by atoms with Crippen molar-refractivity contribution in [2.24, 2.45) is 0 Å². The summed E-state index contributed by atoms with van der Waals surface area (Å²) in [5.41, 5.74) is 0.522. The van der Waals surface area contributed by atoms with Crippen molar-refractivity contribution in [3.05, 3.63) is 35.4 Å². The van der Waals surface area contributed by atoms with Crippen LogP contribution in [0.15, 0.2) is 24.3 Å². The molecule has 8 heteroatoms. The SMILES string of the molecule is CCSC(=O)N(CCC(=O)NC)N1C(=O)c2ccccc2C1=O. The lowest BCUT2D eigenvalue weighted by Crippen LogP contribution is -2.49. The number of thioether (sulfide) groups is 1. The molecule has 0 spiro atoms. The van der Waals surface area contributed by atoms with Crippen molar-refractivity contribution < 1.29 is 19.2 Å². The molecule has 1 aliphatic heterocycles. The average molecular weight is 335 g/mol. The summed E-state index contributed by atoms with van der Waals surface area (Å²) in [6.07, 6.45) is -0.0000798. The Balaban J connectivity index is 2.29. The molecule has 0 atom stereocenters. The van der Waals surface area contributed by atoms with E-state index in [-0.39, 0.29) is 30.0 Å². The van der Waals surface area contributed by atoms with Crippen molar-refractivity contribution in [2.75, 3.05) is 19.3 Å². The van der Waals surface area contributed by atoms with Gasteiger partial charge < -0.3 is 5.32 Å². The highest BCUT2D eigenvalue weighted by molar-refractivity contribution is 8.13. The number of carbonyl (C=O) groups is 4. The molecule has 0 bridgehead atoms. The third kappa shape index (κ3) is 3.37. The van der Waals surface area contributed by atoms with E-state index in [2.05, 4.69) is 5.32 Å². The van der Waals surface area contributed by atoms with Gasteiger partial charge in [0.15, 0.2) is 0 Å². The molecule has 0 saturated heterocycles. The summed E-state index contributed by atoms with van der Waals surface area (Å²) in [6.45, 7) is 1.75. The molecule has 4 amide bonds. The van der Waals surface area contributed by atoms with E-state index in [1.54, 1.807) is 31.2 Å². The molecule has 23 heavy (non-hydrogen) atoms. The van der Waals surface area contributed by atoms with Crippen LogP contribution in [0.1, 0.15) is 34.1 Å². The topological polar surface area (TPSA) is 86.8 Å². The van der Waals surface area contributed by atoms with Gasteiger partial charge in [0.25, 0.3) is 11.8 Å². The number of hydrazine groups is 1. The van der Waals surface area contributed by atoms with Crippen molar-refractivity contribution >= 4 is 34.7 Å². The maximum absolute atomic E-state index is 12.5. The van der Waals surface area contributed by atoms with Gasteiger partial charge in [0.2, 0.25) is 5.91 Å². The monoisotopic (exact) mass is 335 g/mol. The van der Waals surface area contributed by atoms with E-state index >= 15 is 0 Å². The molecule has 1 aromatic rings. The third-order valence-corrected chi connectivity index (χ3v) is 4.07. The largest absolute Gasteiger partial charge is 0.359 e. The van der Waals surface area contributed by atoms with Crippen molar-refractivity contribution in [3.63, 3.8) is 0 Å². The van der Waals surface area contributed by atoms with E-state index in [1.165, 1.54) is 7.05 Å². The van der Waals surface area contributed by atoms with E-state index in [4.69, 9.17) is 0 Å². The predicted molar refractivity (Wildman–Crippen MR) is 85.9 cm³/mol. The number of imide groups is 1. The van der Waals surface area contributed by atoms with Gasteiger partial charge >= 0.3 is 5.24 Å². The van der Waals surface area contributed by atoms with E-state index in [0.717, 1.165) is 21.8 Å². The molecule has 1 aliphatic rings. The van der Waals surface area contributed by atoms with Crippen LogP contribution in [0.4, 0.5) is 4.79 Å². The molecule has 0 radical (unpaired) electrons. The first-order valence-electron chi connectivity index (χ1n) is 7.13. The second-order valence-electron chi connectivity index (χ2n) is 4.71. The first kappa shape index (κ1) is 17.0. The first-order chi connectivity index (χ1) is 11.0. The number of rotatable bonds is 5. The summed E-state index contributed by atoms with van der Waals surface area (Å²) in [5, 5.41) is 3.89. The zero-order valence-electron chi connectivity index (χ0n) is 12.9. The fraction of sp³-hybridized carbons (Fsp3) is 0.333. The number of amides is 4. The Morgan fingerprint density at radius 3 is 2.22 bits per heavy atom. The highest BCUT2D eigenvalue weighted by atomic mass is 32.2. The van der Waals surface area contributed by atoms with Gasteiger partial charge in [-0.15, -0.1) is 0 Å². The zero-order valence-corrected chi connectivity index (χ0v) is 13.7. The fourth-order valence-electron chi connectivity index (χ4n) is 2.20. The molecule has 0 aliphatic carbocycles. The van der Waals surface area contributed by atoms with Gasteiger partial charge in [-0.05, 0) is 17.9 Å². The Hall–Kier alpha value is -2.35. The number of fused-ring (bicyclic) bond motifs is 1. The lowest BCUT2D eigenvalue weighted by Gasteiger charge is -2.29. The van der Waals surface area contributed by atoms with Crippen molar-refractivity contribution in [1.29, 1.82) is 0 Å². The van der Waals surface area contributed by atoms with Crippen molar-refractivity contribution in [1.82, 2.24) is 15.3 Å². The number of hydrogen-bond acceptors (Lipinski definition) is 5. The molecule has 0 fully saturated rings. The normalized spacial score (nSPS) is 13.0. The van der Waals surface area contributed by atoms with Crippen LogP contribution >= 0.6 is 11.8 Å². The summed E-state index contributed by atoms with van der Waals surface area (Å²) in [6, 6.07) is 6.41. The maximum atomic E-state index is 12.5. The Morgan fingerprint density at radius 2 is 1.74 bits per heavy atom. The van der Waals surface area contributed by atoms with Gasteiger partial charge in [-0.2, -0.15) is 5.01 Å². The van der Waals surface area contributed by atoms with Crippen LogP contribution in [-0.4, -0.2) is 52.3 Å². The molecule has 1 N–H and O–H groups in total. The number of carbonyl (C=O) groups excluding carboxylic acids is 4. The quantitative estimate of drug-likeness (QED) is 0.824. The maximum Gasteiger partial charge on any atom is 0.300 e. The summed E-state index contributed by atoms with van der Waals surface area (Å²) in [5.74, 6) is -0.876. The van der Waals surface area contributed by atoms with Gasteiger partial charge in [0, 0.05) is 13.5 Å². The molecule has 7 nitrogen and oxygen atoms in total. The minimum absolute atomic E-state index is 0.0000798. The number of nitrogens with one attached hydrogen (secondary N) is 1. The second kappa shape index (κ2) is 7.28. The zero-order chi connectivity index (χ0) is 17.0. The molecule has 0 saturated carbocycles. The minimum atomic E-state index is -0.549. The molecule has 1 aromatic carbocycles. The molecule has 1 heterocycles. The molecule has 0 aromatic heterocycles. The predicted octanol–water partition coefficient (Wildman–Crippen LogP) is 1.51. The van der Waals surface area contributed by atoms with Crippen LogP contribution in [0.25, 0.3) is 0 Å². The van der Waals surface area contributed by atoms with E-state index in [0.29, 0.717) is 5.75 Å². The van der Waals surface area contributed by atoms with Crippen LogP contribution in [-0.2, 0) is 4.79 Å². The van der Waals surface area contributed by atoms with Gasteiger partial charge in [-0.3, -0.25) is 19.2 Å². The third-order valence-electron chi connectivity index (χ3n) is 3.32. The number of hydrogen-bond donors (Lipinski definition) is 1. The highest BCUT2D eigenvalue weighted by Crippen LogP contribution is 2.26. The van der Waals surface area contributed by atoms with E-state index in [9.17, 15) is 19.2 Å². The number of benzene rings is 1. The van der Waals surface area contributed by atoms with Crippen LogP contribution < -0.4 is 5.32 Å². The summed E-state index contributed by atoms with van der Waals surface area (Å²) in [7, 11) is 1.48. The molecular formula is C15H17N3O4S. The molecule has 2 rings (SSSR count). The second-order valence-corrected chi connectivity index (χ2v) is 5.93. The lowest BCUT2D eigenvalue weighted by atomic mass is 10.1. The smallest absolute Gasteiger partial charge is 0.300 e. The van der Waals surface area contributed by atoms with Crippen LogP contribution in [0.3, 0.4) is 0 Å². The number of nitrogens with zero attached hydrogens (tertiary/aromatic N) is 2. The van der Waals surface area contributed by atoms with Crippen LogP contribution in [0, 0.1) is 0 Å². The van der Waals surface area contributed by atoms with Gasteiger partial charge in [0.05, 0.1) is 17.7 Å². The Labute approximate surface area is 138 Å². The standard InChI is InChI=1S/C15H17N3O4S/c1-3-23-15(22)17(9-8-12(19)16-2)18-13(20)10-6-4-5-7-11(10)14(18)21/h4-7H,3,8-9H2,1-2H3,(H,16,19). The molecular weight excluding hydrogens is 318 g/mol. The lowest BCUT2D eigenvalue weighted by molar-refractivity contribution is -0.121. The molecule has 122 valence electrons. The summed E-state index contributed by atoms with van der Waals surface area (Å²) in [4.78, 5) is 48.7. The Kier molecular flexibility index (Phi) is 5.38. The summed E-state index contributed by atoms with van der Waals surface area (Å²) >= 11 is 0.977. The Morgan fingerprint density at radius 1 is 1.17 bits per heavy atom.